The van der Waals surface area contributed by atoms with Gasteiger partial charge in [-0.25, -0.2) is 0 Å². The van der Waals surface area contributed by atoms with Gasteiger partial charge < -0.3 is 15.5 Å². The molecule has 0 saturated carbocycles. The number of carboxylic acid groups (broad SMARTS) is 1. The second-order valence-corrected chi connectivity index (χ2v) is 7.60. The van der Waals surface area contributed by atoms with E-state index in [2.05, 4.69) is 12.2 Å². The number of phenolic OH excluding ortho intramolecular Hbond substituents is 1. The highest BCUT2D eigenvalue weighted by Crippen LogP contribution is 2.13. The van der Waals surface area contributed by atoms with Gasteiger partial charge in [0.15, 0.2) is 0 Å². The van der Waals surface area contributed by atoms with Crippen molar-refractivity contribution in [3.05, 3.63) is 29.8 Å². The van der Waals surface area contributed by atoms with E-state index >= 15 is 0 Å². The Kier molecular flexibility index (Phi) is 17.0. The van der Waals surface area contributed by atoms with E-state index in [1.165, 1.54) is 64.2 Å². The predicted molar refractivity (Wildman–Crippen MR) is 120 cm³/mol. The molecule has 0 unspecified atom stereocenters. The minimum atomic E-state index is -0.818. The van der Waals surface area contributed by atoms with Crippen LogP contribution in [0.25, 0.3) is 0 Å². The molecule has 0 saturated heterocycles. The fraction of sp³-hybridized carbons (Fsp3) is 0.696. The third kappa shape index (κ3) is 13.8. The first-order chi connectivity index (χ1) is 13.1. The van der Waals surface area contributed by atoms with Crippen LogP contribution >= 0.6 is 12.4 Å². The number of aliphatic carboxylic acids is 1. The average molecular weight is 414 g/mol. The highest BCUT2D eigenvalue weighted by atomic mass is 35.5. The maximum Gasteiger partial charge on any atom is 0.321 e. The predicted octanol–water partition coefficient (Wildman–Crippen LogP) is 6.10. The van der Waals surface area contributed by atoms with Crippen molar-refractivity contribution in [2.24, 2.45) is 0 Å². The quantitative estimate of drug-likeness (QED) is 0.270. The molecular formula is C23H40ClNO3. The molecule has 0 heterocycles. The van der Waals surface area contributed by atoms with Crippen LogP contribution in [0.3, 0.4) is 0 Å². The van der Waals surface area contributed by atoms with Crippen LogP contribution in [0, 0.1) is 0 Å². The zero-order valence-electron chi connectivity index (χ0n) is 17.5. The molecule has 0 aliphatic rings. The van der Waals surface area contributed by atoms with Gasteiger partial charge in [-0.3, -0.25) is 4.79 Å². The van der Waals surface area contributed by atoms with Crippen molar-refractivity contribution in [3.8, 4) is 5.75 Å². The number of benzene rings is 1. The largest absolute Gasteiger partial charge is 0.508 e. The first kappa shape index (κ1) is 26.7. The molecule has 1 rings (SSSR count). The minimum absolute atomic E-state index is 0. The van der Waals surface area contributed by atoms with Crippen molar-refractivity contribution >= 4 is 18.4 Å². The topological polar surface area (TPSA) is 69.6 Å². The molecule has 0 aliphatic heterocycles. The lowest BCUT2D eigenvalue weighted by Crippen LogP contribution is -2.39. The van der Waals surface area contributed by atoms with Crippen LogP contribution < -0.4 is 5.32 Å². The third-order valence-electron chi connectivity index (χ3n) is 5.10. The van der Waals surface area contributed by atoms with Gasteiger partial charge >= 0.3 is 5.97 Å². The number of nitrogens with one attached hydrogen (secondary N) is 1. The van der Waals surface area contributed by atoms with Gasteiger partial charge in [0.05, 0.1) is 0 Å². The van der Waals surface area contributed by atoms with Crippen molar-refractivity contribution in [3.63, 3.8) is 0 Å². The molecule has 0 radical (unpaired) electrons. The van der Waals surface area contributed by atoms with E-state index in [-0.39, 0.29) is 18.2 Å². The number of halogens is 1. The Bertz CT molecular complexity index is 493. The molecule has 0 spiro atoms. The summed E-state index contributed by atoms with van der Waals surface area (Å²) < 4.78 is 0. The van der Waals surface area contributed by atoms with Gasteiger partial charge in [-0.2, -0.15) is 0 Å². The molecule has 0 amide bonds. The fourth-order valence-electron chi connectivity index (χ4n) is 3.36. The number of carbonyl (C=O) groups is 1. The van der Waals surface area contributed by atoms with Gasteiger partial charge in [-0.1, -0.05) is 89.7 Å². The Labute approximate surface area is 177 Å². The Morgan fingerprint density at radius 3 is 1.79 bits per heavy atom. The van der Waals surface area contributed by atoms with Gasteiger partial charge in [0.1, 0.15) is 11.8 Å². The lowest BCUT2D eigenvalue weighted by molar-refractivity contribution is -0.139. The third-order valence-corrected chi connectivity index (χ3v) is 5.10. The number of phenols is 1. The highest BCUT2D eigenvalue weighted by Gasteiger charge is 2.16. The Morgan fingerprint density at radius 1 is 0.857 bits per heavy atom. The van der Waals surface area contributed by atoms with Gasteiger partial charge in [-0.15, -0.1) is 12.4 Å². The zero-order valence-corrected chi connectivity index (χ0v) is 18.3. The first-order valence-corrected chi connectivity index (χ1v) is 10.9. The van der Waals surface area contributed by atoms with Crippen LogP contribution in [0.1, 0.15) is 89.5 Å². The molecular weight excluding hydrogens is 374 g/mol. The summed E-state index contributed by atoms with van der Waals surface area (Å²) in [5.41, 5.74) is 0.919. The molecule has 0 aromatic heterocycles. The summed E-state index contributed by atoms with van der Waals surface area (Å²) in [4.78, 5) is 11.4. The summed E-state index contributed by atoms with van der Waals surface area (Å²) in [6.07, 6.45) is 16.1. The van der Waals surface area contributed by atoms with Crippen LogP contribution in [0.15, 0.2) is 24.3 Å². The smallest absolute Gasteiger partial charge is 0.321 e. The van der Waals surface area contributed by atoms with Gasteiger partial charge in [0.2, 0.25) is 0 Å². The van der Waals surface area contributed by atoms with Crippen molar-refractivity contribution in [2.45, 2.75) is 96.4 Å². The van der Waals surface area contributed by atoms with Crippen LogP contribution in [-0.4, -0.2) is 28.8 Å². The van der Waals surface area contributed by atoms with E-state index < -0.39 is 12.0 Å². The lowest BCUT2D eigenvalue weighted by atomic mass is 10.0. The molecule has 162 valence electrons. The van der Waals surface area contributed by atoms with E-state index in [1.54, 1.807) is 24.3 Å². The number of hydrogen-bond donors (Lipinski definition) is 3. The summed E-state index contributed by atoms with van der Waals surface area (Å²) in [5, 5.41) is 21.8. The summed E-state index contributed by atoms with van der Waals surface area (Å²) in [6.45, 7) is 3.00. The first-order valence-electron chi connectivity index (χ1n) is 10.9. The lowest BCUT2D eigenvalue weighted by Gasteiger charge is -2.14. The van der Waals surface area contributed by atoms with Crippen LogP contribution in [0.2, 0.25) is 0 Å². The van der Waals surface area contributed by atoms with Crippen LogP contribution in [0.5, 0.6) is 5.75 Å². The molecule has 3 N–H and O–H groups in total. The number of aromatic hydroxyl groups is 1. The van der Waals surface area contributed by atoms with E-state index in [0.717, 1.165) is 24.9 Å². The van der Waals surface area contributed by atoms with E-state index in [9.17, 15) is 15.0 Å². The van der Waals surface area contributed by atoms with Gasteiger partial charge in [-0.05, 0) is 37.1 Å². The molecule has 4 nitrogen and oxygen atoms in total. The molecule has 0 bridgehead atoms. The van der Waals surface area contributed by atoms with Crippen LogP contribution in [-0.2, 0) is 11.2 Å². The summed E-state index contributed by atoms with van der Waals surface area (Å²) in [6, 6.07) is 6.18. The SMILES string of the molecule is CCCCCCCCCCCCCCN[C@@H](Cc1ccc(O)cc1)C(=O)O.Cl. The highest BCUT2D eigenvalue weighted by molar-refractivity contribution is 5.85. The summed E-state index contributed by atoms with van der Waals surface area (Å²) >= 11 is 0. The standard InChI is InChI=1S/C23H39NO3.ClH/c1-2-3-4-5-6-7-8-9-10-11-12-13-18-24-22(23(26)27)19-20-14-16-21(25)17-15-20;/h14-17,22,24-25H,2-13,18-19H2,1H3,(H,26,27);1H/t22-;/m0./s1. The molecule has 1 aromatic carbocycles. The normalized spacial score (nSPS) is 11.8. The molecule has 0 aliphatic carbocycles. The second-order valence-electron chi connectivity index (χ2n) is 7.60. The van der Waals surface area contributed by atoms with Gasteiger partial charge in [0, 0.05) is 0 Å². The number of carboxylic acids is 1. The maximum atomic E-state index is 11.4. The summed E-state index contributed by atoms with van der Waals surface area (Å²) in [7, 11) is 0. The van der Waals surface area contributed by atoms with Crippen molar-refractivity contribution in [1.82, 2.24) is 5.32 Å². The minimum Gasteiger partial charge on any atom is -0.508 e. The molecule has 1 atom stereocenters. The molecule has 0 fully saturated rings. The molecule has 1 aromatic rings. The van der Waals surface area contributed by atoms with Crippen molar-refractivity contribution in [2.75, 3.05) is 6.54 Å². The van der Waals surface area contributed by atoms with Crippen molar-refractivity contribution in [1.29, 1.82) is 0 Å². The maximum absolute atomic E-state index is 11.4. The second kappa shape index (κ2) is 17.8. The van der Waals surface area contributed by atoms with E-state index in [0.29, 0.717) is 6.42 Å². The van der Waals surface area contributed by atoms with E-state index in [1.807, 2.05) is 0 Å². The summed E-state index contributed by atoms with van der Waals surface area (Å²) in [5.74, 6) is -0.614. The Morgan fingerprint density at radius 2 is 1.32 bits per heavy atom. The molecule has 28 heavy (non-hydrogen) atoms. The fourth-order valence-corrected chi connectivity index (χ4v) is 3.36. The van der Waals surface area contributed by atoms with Crippen molar-refractivity contribution < 1.29 is 15.0 Å². The number of rotatable bonds is 17. The Hall–Kier alpha value is -1.26. The van der Waals surface area contributed by atoms with Gasteiger partial charge in [0.25, 0.3) is 0 Å². The monoisotopic (exact) mass is 413 g/mol. The van der Waals surface area contributed by atoms with Crippen LogP contribution in [0.4, 0.5) is 0 Å². The van der Waals surface area contributed by atoms with E-state index in [4.69, 9.17) is 0 Å². The number of unbranched alkanes of at least 4 members (excludes halogenated alkanes) is 11. The Balaban J connectivity index is 0.00000729. The zero-order chi connectivity index (χ0) is 19.7. The average Bonchev–Trinajstić information content (AvgIpc) is 2.66. The molecule has 5 heteroatoms. The number of hydrogen-bond acceptors (Lipinski definition) is 3.